The Hall–Kier alpha value is -0.160. The number of hydrogen-bond acceptors (Lipinski definition) is 4. The van der Waals surface area contributed by atoms with Gasteiger partial charge in [0.2, 0.25) is 0 Å². The van der Waals surface area contributed by atoms with Crippen LogP contribution in [0, 0.1) is 0 Å². The fourth-order valence-electron chi connectivity index (χ4n) is 1.36. The number of aliphatic hydroxyl groups excluding tert-OH is 2. The second-order valence-electron chi connectivity index (χ2n) is 2.75. The lowest BCUT2D eigenvalue weighted by Gasteiger charge is -2.27. The van der Waals surface area contributed by atoms with Gasteiger partial charge in [-0.3, -0.25) is 0 Å². The molecule has 0 aromatic carbocycles. The first-order chi connectivity index (χ1) is 4.77. The smallest absolute Gasteiger partial charge is 0.186 e. The predicted molar refractivity (Wildman–Crippen MR) is 31.2 cm³/mol. The molecule has 0 radical (unpaired) electrons. The quantitative estimate of drug-likeness (QED) is 0.453. The Bertz CT molecular complexity index is 138. The van der Waals surface area contributed by atoms with Crippen molar-refractivity contribution < 1.29 is 19.7 Å². The van der Waals surface area contributed by atoms with Gasteiger partial charge >= 0.3 is 0 Å². The summed E-state index contributed by atoms with van der Waals surface area (Å²) in [4.78, 5) is 0. The van der Waals surface area contributed by atoms with Gasteiger partial charge in [0.25, 0.3) is 0 Å². The molecule has 2 heterocycles. The van der Waals surface area contributed by atoms with Gasteiger partial charge in [-0.1, -0.05) is 0 Å². The van der Waals surface area contributed by atoms with E-state index in [0.29, 0.717) is 13.0 Å². The third-order valence-corrected chi connectivity index (χ3v) is 1.95. The number of rotatable bonds is 0. The van der Waals surface area contributed by atoms with Crippen LogP contribution in [0.15, 0.2) is 0 Å². The van der Waals surface area contributed by atoms with Crippen LogP contribution in [0.1, 0.15) is 6.42 Å². The zero-order chi connectivity index (χ0) is 7.14. The molecular weight excluding hydrogens is 136 g/mol. The topological polar surface area (TPSA) is 58.9 Å². The van der Waals surface area contributed by atoms with Crippen LogP contribution in [-0.4, -0.2) is 41.4 Å². The van der Waals surface area contributed by atoms with E-state index in [-0.39, 0.29) is 6.10 Å². The summed E-state index contributed by atoms with van der Waals surface area (Å²) in [7, 11) is 0. The summed E-state index contributed by atoms with van der Waals surface area (Å²) in [5, 5.41) is 18.3. The van der Waals surface area contributed by atoms with Gasteiger partial charge in [-0.25, -0.2) is 0 Å². The number of ether oxygens (including phenoxy) is 2. The molecule has 2 rings (SSSR count). The Kier molecular flexibility index (Phi) is 1.42. The lowest BCUT2D eigenvalue weighted by Crippen LogP contribution is -2.43. The zero-order valence-electron chi connectivity index (χ0n) is 5.43. The number of hydrogen-bond donors (Lipinski definition) is 2. The standard InChI is InChI=1S/C6H10O4/c7-4-1-3-2-9-6(10-3)5(4)8/h3-8H,1-2H2/t3-,4+,5+,6+/m0/s1. The highest BCUT2D eigenvalue weighted by Crippen LogP contribution is 2.26. The second-order valence-corrected chi connectivity index (χ2v) is 2.75. The van der Waals surface area contributed by atoms with Crippen molar-refractivity contribution in [2.45, 2.75) is 31.0 Å². The first-order valence-electron chi connectivity index (χ1n) is 3.40. The van der Waals surface area contributed by atoms with Crippen molar-refractivity contribution in [2.24, 2.45) is 0 Å². The molecular formula is C6H10O4. The van der Waals surface area contributed by atoms with Crippen LogP contribution in [0.5, 0.6) is 0 Å². The van der Waals surface area contributed by atoms with E-state index in [1.165, 1.54) is 0 Å². The SMILES string of the molecule is O[C@H]1[C@@H]2OC[C@H](C[C@H]1O)O2. The molecule has 0 unspecified atom stereocenters. The fraction of sp³-hybridized carbons (Fsp3) is 1.00. The molecule has 0 saturated carbocycles. The van der Waals surface area contributed by atoms with E-state index in [4.69, 9.17) is 19.7 Å². The van der Waals surface area contributed by atoms with Gasteiger partial charge in [0.05, 0.1) is 18.8 Å². The molecule has 0 aromatic rings. The van der Waals surface area contributed by atoms with Crippen molar-refractivity contribution >= 4 is 0 Å². The Balaban J connectivity index is 2.09. The van der Waals surface area contributed by atoms with Gasteiger partial charge in [0.15, 0.2) is 6.29 Å². The molecule has 0 spiro atoms. The van der Waals surface area contributed by atoms with Crippen molar-refractivity contribution in [1.82, 2.24) is 0 Å². The van der Waals surface area contributed by atoms with Crippen molar-refractivity contribution in [1.29, 1.82) is 0 Å². The molecule has 4 nitrogen and oxygen atoms in total. The third-order valence-electron chi connectivity index (χ3n) is 1.95. The third kappa shape index (κ3) is 0.845. The van der Waals surface area contributed by atoms with Gasteiger partial charge in [0.1, 0.15) is 6.10 Å². The average molecular weight is 146 g/mol. The fourth-order valence-corrected chi connectivity index (χ4v) is 1.36. The summed E-state index contributed by atoms with van der Waals surface area (Å²) < 4.78 is 10.2. The van der Waals surface area contributed by atoms with E-state index in [1.54, 1.807) is 0 Å². The van der Waals surface area contributed by atoms with Crippen LogP contribution in [0.2, 0.25) is 0 Å². The molecule has 0 aromatic heterocycles. The van der Waals surface area contributed by atoms with Gasteiger partial charge in [-0.05, 0) is 0 Å². The van der Waals surface area contributed by atoms with E-state index in [0.717, 1.165) is 0 Å². The Labute approximate surface area is 58.4 Å². The monoisotopic (exact) mass is 146 g/mol. The Morgan fingerprint density at radius 2 is 2.10 bits per heavy atom. The molecule has 0 amide bonds. The summed E-state index contributed by atoms with van der Waals surface area (Å²) in [6, 6.07) is 0. The molecule has 0 aliphatic carbocycles. The summed E-state index contributed by atoms with van der Waals surface area (Å²) >= 11 is 0. The van der Waals surface area contributed by atoms with Crippen LogP contribution < -0.4 is 0 Å². The molecule has 4 atom stereocenters. The van der Waals surface area contributed by atoms with Crippen LogP contribution in [0.25, 0.3) is 0 Å². The largest absolute Gasteiger partial charge is 0.390 e. The average Bonchev–Trinajstić information content (AvgIpc) is 2.29. The molecule has 2 fully saturated rings. The van der Waals surface area contributed by atoms with Crippen molar-refractivity contribution in [3.63, 3.8) is 0 Å². The number of fused-ring (bicyclic) bond motifs is 2. The molecule has 2 saturated heterocycles. The van der Waals surface area contributed by atoms with E-state index in [9.17, 15) is 0 Å². The first kappa shape index (κ1) is 6.54. The minimum atomic E-state index is -0.862. The highest BCUT2D eigenvalue weighted by molar-refractivity contribution is 4.85. The maximum absolute atomic E-state index is 9.16. The Morgan fingerprint density at radius 1 is 1.30 bits per heavy atom. The second kappa shape index (κ2) is 2.17. The van der Waals surface area contributed by atoms with Crippen LogP contribution in [-0.2, 0) is 9.47 Å². The van der Waals surface area contributed by atoms with E-state index in [2.05, 4.69) is 0 Å². The van der Waals surface area contributed by atoms with Gasteiger partial charge < -0.3 is 19.7 Å². The summed E-state index contributed by atoms with van der Waals surface area (Å²) in [5.74, 6) is 0. The van der Waals surface area contributed by atoms with Gasteiger partial charge in [0, 0.05) is 6.42 Å². The van der Waals surface area contributed by atoms with E-state index in [1.807, 2.05) is 0 Å². The molecule has 58 valence electrons. The minimum absolute atomic E-state index is 0.0107. The molecule has 4 heteroatoms. The normalized spacial score (nSPS) is 53.4. The molecule has 2 aliphatic rings. The highest BCUT2D eigenvalue weighted by Gasteiger charge is 2.42. The molecule has 2 N–H and O–H groups in total. The summed E-state index contributed by atoms with van der Waals surface area (Å²) in [5.41, 5.74) is 0. The van der Waals surface area contributed by atoms with Crippen LogP contribution in [0.3, 0.4) is 0 Å². The van der Waals surface area contributed by atoms with E-state index >= 15 is 0 Å². The molecule has 2 bridgehead atoms. The zero-order valence-corrected chi connectivity index (χ0v) is 5.43. The minimum Gasteiger partial charge on any atom is -0.390 e. The van der Waals surface area contributed by atoms with Gasteiger partial charge in [-0.2, -0.15) is 0 Å². The van der Waals surface area contributed by atoms with Gasteiger partial charge in [-0.15, -0.1) is 0 Å². The van der Waals surface area contributed by atoms with Crippen LogP contribution in [0.4, 0.5) is 0 Å². The summed E-state index contributed by atoms with van der Waals surface area (Å²) in [6.07, 6.45) is -1.65. The molecule has 2 aliphatic heterocycles. The number of aliphatic hydroxyl groups is 2. The maximum atomic E-state index is 9.16. The van der Waals surface area contributed by atoms with E-state index < -0.39 is 18.5 Å². The first-order valence-corrected chi connectivity index (χ1v) is 3.40. The van der Waals surface area contributed by atoms with Crippen molar-refractivity contribution in [2.75, 3.05) is 6.61 Å². The van der Waals surface area contributed by atoms with Crippen molar-refractivity contribution in [3.05, 3.63) is 0 Å². The van der Waals surface area contributed by atoms with Crippen LogP contribution >= 0.6 is 0 Å². The Morgan fingerprint density at radius 3 is 2.90 bits per heavy atom. The highest BCUT2D eigenvalue weighted by atomic mass is 16.7. The maximum Gasteiger partial charge on any atom is 0.186 e. The predicted octanol–water partition coefficient (Wildman–Crippen LogP) is -1.15. The summed E-state index contributed by atoms with van der Waals surface area (Å²) in [6.45, 7) is 0.499. The lowest BCUT2D eigenvalue weighted by molar-refractivity contribution is -0.192. The van der Waals surface area contributed by atoms with Crippen molar-refractivity contribution in [3.8, 4) is 0 Å². The molecule has 10 heavy (non-hydrogen) atoms. The lowest BCUT2D eigenvalue weighted by atomic mass is 10.1.